The summed E-state index contributed by atoms with van der Waals surface area (Å²) in [5.74, 6) is 0.329. The molecule has 0 bridgehead atoms. The Morgan fingerprint density at radius 3 is 2.04 bits per heavy atom. The molecule has 0 atom stereocenters. The summed E-state index contributed by atoms with van der Waals surface area (Å²) in [5.41, 5.74) is 8.88. The Bertz CT molecular complexity index is 470. The summed E-state index contributed by atoms with van der Waals surface area (Å²) in [6.45, 7) is 3.53. The van der Waals surface area contributed by atoms with E-state index in [1.165, 1.54) is 68.4 Å². The van der Waals surface area contributed by atoms with Crippen LogP contribution in [0.3, 0.4) is 0 Å². The van der Waals surface area contributed by atoms with Gasteiger partial charge in [-0.25, -0.2) is 0 Å². The predicted octanol–water partition coefficient (Wildman–Crippen LogP) is 1.69. The lowest BCUT2D eigenvalue weighted by Gasteiger charge is -2.02. The van der Waals surface area contributed by atoms with E-state index in [2.05, 4.69) is 17.0 Å². The van der Waals surface area contributed by atoms with E-state index in [4.69, 9.17) is 16.2 Å². The van der Waals surface area contributed by atoms with Gasteiger partial charge in [-0.3, -0.25) is 5.41 Å². The number of hydrogen-bond acceptors (Lipinski definition) is 3. The molecule has 7 heteroatoms. The summed E-state index contributed by atoms with van der Waals surface area (Å²) in [6, 6.07) is 0. The summed E-state index contributed by atoms with van der Waals surface area (Å²) in [5, 5.41) is 16.2. The molecule has 26 heavy (non-hydrogen) atoms. The zero-order valence-corrected chi connectivity index (χ0v) is 20.3. The van der Waals surface area contributed by atoms with Gasteiger partial charge in [-0.2, -0.15) is 4.57 Å². The molecule has 0 amide bonds. The number of aliphatic hydroxyl groups excluding tert-OH is 1. The van der Waals surface area contributed by atoms with Gasteiger partial charge in [0.25, 0.3) is 0 Å². The van der Waals surface area contributed by atoms with Crippen LogP contribution in [0.25, 0.3) is 0 Å². The van der Waals surface area contributed by atoms with Crippen LogP contribution in [0.1, 0.15) is 81.2 Å². The maximum Gasteiger partial charge on any atom is 0.225 e. The number of thiazole rings is 1. The van der Waals surface area contributed by atoms with Crippen LogP contribution in [0.4, 0.5) is 0 Å². The lowest BCUT2D eigenvalue weighted by atomic mass is 10.1. The van der Waals surface area contributed by atoms with Crippen LogP contribution in [-0.4, -0.2) is 17.5 Å². The maximum absolute atomic E-state index is 9.04. The molecule has 0 saturated heterocycles. The van der Waals surface area contributed by atoms with Crippen LogP contribution in [0.2, 0.25) is 0 Å². The summed E-state index contributed by atoms with van der Waals surface area (Å²) >= 11 is 1.77. The summed E-state index contributed by atoms with van der Waals surface area (Å²) < 4.78 is 2.34. The van der Waals surface area contributed by atoms with Crippen molar-refractivity contribution in [3.63, 3.8) is 0 Å². The molecule has 0 saturated carbocycles. The van der Waals surface area contributed by atoms with Crippen molar-refractivity contribution < 1.29 is 26.7 Å². The van der Waals surface area contributed by atoms with Crippen LogP contribution in [0.5, 0.6) is 0 Å². The second kappa shape index (κ2) is 18.4. The third-order valence-corrected chi connectivity index (χ3v) is 5.73. The van der Waals surface area contributed by atoms with Crippen LogP contribution >= 0.6 is 28.3 Å². The zero-order chi connectivity index (χ0) is 17.6. The Hall–Kier alpha value is 0.0200. The maximum atomic E-state index is 9.04. The van der Waals surface area contributed by atoms with E-state index in [0.717, 1.165) is 25.8 Å². The Labute approximate surface area is 184 Å². The van der Waals surface area contributed by atoms with Crippen molar-refractivity contribution in [2.45, 2.75) is 90.5 Å². The molecule has 0 aliphatic carbocycles. The predicted molar refractivity (Wildman–Crippen MR) is 113 cm³/mol. The molecule has 4 nitrogen and oxygen atoms in total. The molecule has 0 unspecified atom stereocenters. The van der Waals surface area contributed by atoms with Gasteiger partial charge in [0.1, 0.15) is 6.54 Å². The van der Waals surface area contributed by atoms with Crippen molar-refractivity contribution in [3.8, 4) is 0 Å². The number of amidine groups is 1. The number of aliphatic hydroxyl groups is 1. The fraction of sp³-hybridized carbons (Fsp3) is 0.789. The molecule has 0 aliphatic rings. The first-order valence-electron chi connectivity index (χ1n) is 9.55. The smallest absolute Gasteiger partial charge is 0.225 e. The van der Waals surface area contributed by atoms with Crippen molar-refractivity contribution in [3.05, 3.63) is 16.1 Å². The highest BCUT2D eigenvalue weighted by Crippen LogP contribution is 2.13. The molecule has 1 aromatic rings. The molecule has 1 rings (SSSR count). The molecule has 4 N–H and O–H groups in total. The number of rotatable bonds is 15. The second-order valence-electron chi connectivity index (χ2n) is 6.71. The minimum absolute atomic E-state index is 0. The SMILES string of the molecule is Br.Cc1c(CCO)sc[n+]1CCCCCCCCCCCCC(=N)N.[Br-]. The summed E-state index contributed by atoms with van der Waals surface area (Å²) in [4.78, 5) is 1.32. The Morgan fingerprint density at radius 2 is 1.54 bits per heavy atom. The normalized spacial score (nSPS) is 10.2. The highest BCUT2D eigenvalue weighted by molar-refractivity contribution is 8.93. The average molecular weight is 515 g/mol. The summed E-state index contributed by atoms with van der Waals surface area (Å²) in [7, 11) is 0. The Morgan fingerprint density at radius 1 is 1.04 bits per heavy atom. The van der Waals surface area contributed by atoms with Crippen molar-refractivity contribution in [1.29, 1.82) is 5.41 Å². The van der Waals surface area contributed by atoms with Gasteiger partial charge in [-0.15, -0.1) is 17.0 Å². The van der Waals surface area contributed by atoms with E-state index >= 15 is 0 Å². The topological polar surface area (TPSA) is 74.0 Å². The van der Waals surface area contributed by atoms with Crippen molar-refractivity contribution in [2.24, 2.45) is 5.73 Å². The average Bonchev–Trinajstić information content (AvgIpc) is 2.89. The van der Waals surface area contributed by atoms with E-state index < -0.39 is 0 Å². The number of aryl methyl sites for hydroxylation is 1. The number of halogens is 2. The monoisotopic (exact) mass is 513 g/mol. The zero-order valence-electron chi connectivity index (χ0n) is 16.1. The van der Waals surface area contributed by atoms with E-state index in [-0.39, 0.29) is 40.6 Å². The number of aromatic nitrogens is 1. The molecule has 1 aromatic heterocycles. The van der Waals surface area contributed by atoms with Crippen LogP contribution in [0.15, 0.2) is 5.51 Å². The van der Waals surface area contributed by atoms with E-state index in [1.54, 1.807) is 11.3 Å². The van der Waals surface area contributed by atoms with Crippen LogP contribution < -0.4 is 27.3 Å². The van der Waals surface area contributed by atoms with Gasteiger partial charge in [-0.05, 0) is 12.8 Å². The number of nitrogens with two attached hydrogens (primary N) is 1. The van der Waals surface area contributed by atoms with E-state index in [9.17, 15) is 0 Å². The number of hydrogen-bond donors (Lipinski definition) is 3. The van der Waals surface area contributed by atoms with Gasteiger partial charge in [0.15, 0.2) is 5.69 Å². The third kappa shape index (κ3) is 13.2. The molecule has 0 aliphatic heterocycles. The van der Waals surface area contributed by atoms with Crippen molar-refractivity contribution >= 4 is 34.2 Å². The number of unbranched alkanes of at least 4 members (excludes halogenated alkanes) is 9. The van der Waals surface area contributed by atoms with Gasteiger partial charge in [0.2, 0.25) is 5.51 Å². The lowest BCUT2D eigenvalue weighted by molar-refractivity contribution is -0.698. The summed E-state index contributed by atoms with van der Waals surface area (Å²) in [6.07, 6.45) is 14.5. The highest BCUT2D eigenvalue weighted by atomic mass is 79.9. The fourth-order valence-corrected chi connectivity index (χ4v) is 4.04. The molecule has 1 heterocycles. The van der Waals surface area contributed by atoms with Gasteiger partial charge in [0, 0.05) is 32.8 Å². The van der Waals surface area contributed by atoms with Crippen molar-refractivity contribution in [2.75, 3.05) is 6.61 Å². The third-order valence-electron chi connectivity index (χ3n) is 4.59. The number of nitrogens with zero attached hydrogens (tertiary/aromatic N) is 1. The largest absolute Gasteiger partial charge is 1.00 e. The van der Waals surface area contributed by atoms with Gasteiger partial charge in [-0.1, -0.05) is 56.3 Å². The molecule has 0 fully saturated rings. The standard InChI is InChI=1S/C19H36N3OS.2BrH/c1-17-18(13-15-23)24-16-22(17)14-11-9-7-5-3-2-4-6-8-10-12-19(20)21;;/h16,23H,2-15H2,1H3,(H3,20,21);2*1H/q+1;;/p-1. The first-order chi connectivity index (χ1) is 11.6. The minimum atomic E-state index is 0. The quantitative estimate of drug-likeness (QED) is 0.144. The van der Waals surface area contributed by atoms with Gasteiger partial charge < -0.3 is 27.8 Å². The molecular weight excluding hydrogens is 478 g/mol. The van der Waals surface area contributed by atoms with Gasteiger partial charge in [0.05, 0.1) is 10.7 Å². The Balaban J connectivity index is 0. The first kappa shape index (κ1) is 28.2. The molecule has 0 radical (unpaired) electrons. The Kier molecular flexibility index (Phi) is 20.0. The van der Waals surface area contributed by atoms with Crippen LogP contribution in [0, 0.1) is 12.3 Å². The van der Waals surface area contributed by atoms with E-state index in [0.29, 0.717) is 5.84 Å². The molecule has 0 spiro atoms. The van der Waals surface area contributed by atoms with Crippen LogP contribution in [-0.2, 0) is 13.0 Å². The highest BCUT2D eigenvalue weighted by Gasteiger charge is 2.13. The molecule has 0 aromatic carbocycles. The van der Waals surface area contributed by atoms with Crippen molar-refractivity contribution in [1.82, 2.24) is 0 Å². The molecular formula is C19H37Br2N3OS. The second-order valence-corrected chi connectivity index (χ2v) is 7.65. The van der Waals surface area contributed by atoms with Gasteiger partial charge >= 0.3 is 0 Å². The molecule has 154 valence electrons. The first-order valence-corrected chi connectivity index (χ1v) is 10.4. The lowest BCUT2D eigenvalue weighted by Crippen LogP contribution is -3.00. The fourth-order valence-electron chi connectivity index (χ4n) is 3.03. The van der Waals surface area contributed by atoms with E-state index in [1.807, 2.05) is 0 Å². The minimum Gasteiger partial charge on any atom is -1.00 e. The number of nitrogens with one attached hydrogen (secondary N) is 1.